The number of amides is 4. The van der Waals surface area contributed by atoms with Crippen molar-refractivity contribution >= 4 is 12.1 Å². The molecule has 2 aliphatic heterocycles. The number of hydrogen-bond donors (Lipinski definition) is 1. The Morgan fingerprint density at radius 3 is 2.11 bits per heavy atom. The lowest BCUT2D eigenvalue weighted by Gasteiger charge is -2.36. The van der Waals surface area contributed by atoms with E-state index in [0.29, 0.717) is 0 Å². The monoisotopic (exact) mass is 262 g/mol. The van der Waals surface area contributed by atoms with E-state index in [4.69, 9.17) is 19.2 Å². The molecule has 10 nitrogen and oxygen atoms in total. The van der Waals surface area contributed by atoms with Crippen molar-refractivity contribution in [3.63, 3.8) is 0 Å². The molecular formula is C8H14N4O6. The molecule has 102 valence electrons. The van der Waals surface area contributed by atoms with E-state index in [1.54, 1.807) is 0 Å². The van der Waals surface area contributed by atoms with E-state index in [-0.39, 0.29) is 0 Å². The maximum atomic E-state index is 12.0. The average Bonchev–Trinajstić information content (AvgIpc) is 2.76. The van der Waals surface area contributed by atoms with Gasteiger partial charge in [-0.2, -0.15) is 5.06 Å². The molecule has 0 aromatic carbocycles. The Labute approximate surface area is 103 Å². The zero-order valence-electron chi connectivity index (χ0n) is 10.4. The van der Waals surface area contributed by atoms with Gasteiger partial charge in [-0.05, 0) is 0 Å². The highest BCUT2D eigenvalue weighted by Gasteiger charge is 2.71. The van der Waals surface area contributed by atoms with Crippen LogP contribution in [0.1, 0.15) is 0 Å². The summed E-state index contributed by atoms with van der Waals surface area (Å²) in [7, 11) is 5.15. The first kappa shape index (κ1) is 12.8. The molecule has 2 aliphatic rings. The molecule has 2 unspecified atom stereocenters. The zero-order chi connectivity index (χ0) is 13.5. The Hall–Kier alpha value is -1.62. The lowest BCUT2D eigenvalue weighted by Crippen LogP contribution is -2.60. The van der Waals surface area contributed by atoms with Crippen LogP contribution >= 0.6 is 0 Å². The predicted molar refractivity (Wildman–Crippen MR) is 54.0 cm³/mol. The number of urea groups is 2. The quantitative estimate of drug-likeness (QED) is 0.703. The molecule has 0 bridgehead atoms. The van der Waals surface area contributed by atoms with E-state index in [2.05, 4.69) is 5.32 Å². The summed E-state index contributed by atoms with van der Waals surface area (Å²) in [5.74, 6) is -1.59. The molecule has 1 N–H and O–H groups in total. The number of rotatable bonds is 4. The van der Waals surface area contributed by atoms with Gasteiger partial charge in [0, 0.05) is 7.11 Å². The zero-order valence-corrected chi connectivity index (χ0v) is 10.4. The fraction of sp³-hybridized carbons (Fsp3) is 0.750. The van der Waals surface area contributed by atoms with Crippen LogP contribution < -0.4 is 5.32 Å². The van der Waals surface area contributed by atoms with E-state index in [9.17, 15) is 9.59 Å². The molecule has 0 aromatic heterocycles. The van der Waals surface area contributed by atoms with E-state index >= 15 is 0 Å². The van der Waals surface area contributed by atoms with Crippen molar-refractivity contribution in [2.75, 3.05) is 28.4 Å². The summed E-state index contributed by atoms with van der Waals surface area (Å²) < 4.78 is 5.28. The van der Waals surface area contributed by atoms with Crippen molar-refractivity contribution in [3.8, 4) is 0 Å². The lowest BCUT2D eigenvalue weighted by atomic mass is 10.3. The van der Waals surface area contributed by atoms with Gasteiger partial charge in [-0.3, -0.25) is 14.5 Å². The molecule has 0 spiro atoms. The summed E-state index contributed by atoms with van der Waals surface area (Å²) in [5.41, 5.74) is 0. The molecule has 2 rings (SSSR count). The molecule has 2 saturated heterocycles. The third-order valence-corrected chi connectivity index (χ3v) is 2.84. The van der Waals surface area contributed by atoms with Gasteiger partial charge in [0.25, 0.3) is 0 Å². The fourth-order valence-corrected chi connectivity index (χ4v) is 2.15. The first-order valence-corrected chi connectivity index (χ1v) is 5.00. The van der Waals surface area contributed by atoms with Gasteiger partial charge in [-0.15, -0.1) is 10.1 Å². The van der Waals surface area contributed by atoms with Crippen LogP contribution in [0.15, 0.2) is 0 Å². The lowest BCUT2D eigenvalue weighted by molar-refractivity contribution is -0.357. The number of fused-ring (bicyclic) bond motifs is 1. The van der Waals surface area contributed by atoms with E-state index in [1.807, 2.05) is 0 Å². The summed E-state index contributed by atoms with van der Waals surface area (Å²) in [5, 5.41) is 5.13. The second kappa shape index (κ2) is 4.24. The molecule has 2 atom stereocenters. The summed E-state index contributed by atoms with van der Waals surface area (Å²) in [6.07, 6.45) is -0.924. The van der Waals surface area contributed by atoms with Gasteiger partial charge in [0.1, 0.15) is 0 Å². The minimum Gasteiger partial charge on any atom is -0.335 e. The number of hydrogen-bond acceptors (Lipinski definition) is 6. The molecule has 0 saturated carbocycles. The number of carbonyl (C=O) groups excluding carboxylic acids is 2. The smallest absolute Gasteiger partial charge is 0.335 e. The van der Waals surface area contributed by atoms with Crippen LogP contribution in [0.25, 0.3) is 0 Å². The number of hydroxylamine groups is 6. The fourth-order valence-electron chi connectivity index (χ4n) is 2.15. The number of nitrogens with zero attached hydrogens (tertiary/aromatic N) is 3. The average molecular weight is 262 g/mol. The Morgan fingerprint density at radius 2 is 1.67 bits per heavy atom. The van der Waals surface area contributed by atoms with E-state index < -0.39 is 24.1 Å². The second-order valence-electron chi connectivity index (χ2n) is 3.46. The number of carbonyl (C=O) groups is 2. The first-order chi connectivity index (χ1) is 8.58. The van der Waals surface area contributed by atoms with Crippen LogP contribution in [-0.2, 0) is 19.2 Å². The highest BCUT2D eigenvalue weighted by atomic mass is 16.8. The Kier molecular flexibility index (Phi) is 3.02. The molecule has 2 heterocycles. The van der Waals surface area contributed by atoms with Crippen LogP contribution in [-0.4, -0.2) is 67.7 Å². The SMILES string of the molecule is CON1C(=O)N(OC)C2(OC)C1NC(=O)N2OC. The number of ether oxygens (including phenoxy) is 1. The molecule has 18 heavy (non-hydrogen) atoms. The van der Waals surface area contributed by atoms with Crippen molar-refractivity contribution < 1.29 is 28.8 Å². The maximum absolute atomic E-state index is 12.0. The standard InChI is InChI=1S/C8H14N4O6/c1-15-8-5(9-6(13)11(8)17-3)10(16-2)7(14)12(8)18-4/h5H,1-4H3,(H,9,13). The minimum atomic E-state index is -1.59. The van der Waals surface area contributed by atoms with Gasteiger partial charge in [-0.1, -0.05) is 0 Å². The third-order valence-electron chi connectivity index (χ3n) is 2.84. The van der Waals surface area contributed by atoms with Crippen LogP contribution in [0, 0.1) is 0 Å². The molecular weight excluding hydrogens is 248 g/mol. The summed E-state index contributed by atoms with van der Waals surface area (Å²) in [6.45, 7) is 0. The van der Waals surface area contributed by atoms with Crippen molar-refractivity contribution in [3.05, 3.63) is 0 Å². The van der Waals surface area contributed by atoms with Gasteiger partial charge in [0.15, 0.2) is 0 Å². The topological polar surface area (TPSA) is 92.8 Å². The van der Waals surface area contributed by atoms with Crippen LogP contribution in [0.4, 0.5) is 9.59 Å². The summed E-state index contributed by atoms with van der Waals surface area (Å²) in [6, 6.07) is -1.21. The first-order valence-electron chi connectivity index (χ1n) is 5.00. The van der Waals surface area contributed by atoms with Crippen LogP contribution in [0.3, 0.4) is 0 Å². The van der Waals surface area contributed by atoms with E-state index in [0.717, 1.165) is 15.2 Å². The Morgan fingerprint density at radius 1 is 1.06 bits per heavy atom. The Balaban J connectivity index is 2.51. The second-order valence-corrected chi connectivity index (χ2v) is 3.46. The van der Waals surface area contributed by atoms with Crippen molar-refractivity contribution in [1.82, 2.24) is 20.5 Å². The molecule has 0 radical (unpaired) electrons. The molecule has 0 aromatic rings. The highest BCUT2D eigenvalue weighted by molar-refractivity contribution is 5.84. The van der Waals surface area contributed by atoms with Gasteiger partial charge < -0.3 is 10.1 Å². The van der Waals surface area contributed by atoms with Crippen LogP contribution in [0.5, 0.6) is 0 Å². The third kappa shape index (κ3) is 1.25. The summed E-state index contributed by atoms with van der Waals surface area (Å²) in [4.78, 5) is 38.6. The predicted octanol–water partition coefficient (Wildman–Crippen LogP) is -0.940. The number of nitrogens with one attached hydrogen (secondary N) is 1. The summed E-state index contributed by atoms with van der Waals surface area (Å²) >= 11 is 0. The highest BCUT2D eigenvalue weighted by Crippen LogP contribution is 2.39. The largest absolute Gasteiger partial charge is 0.374 e. The molecule has 0 aliphatic carbocycles. The maximum Gasteiger partial charge on any atom is 0.374 e. The van der Waals surface area contributed by atoms with E-state index in [1.165, 1.54) is 28.4 Å². The normalized spacial score (nSPS) is 31.1. The van der Waals surface area contributed by atoms with Crippen LogP contribution in [0.2, 0.25) is 0 Å². The number of methoxy groups -OCH3 is 1. The van der Waals surface area contributed by atoms with Gasteiger partial charge >= 0.3 is 17.9 Å². The molecule has 10 heteroatoms. The van der Waals surface area contributed by atoms with Gasteiger partial charge in [-0.25, -0.2) is 9.59 Å². The molecule has 2 fully saturated rings. The Bertz CT molecular complexity index is 379. The minimum absolute atomic E-state index is 0.582. The van der Waals surface area contributed by atoms with Gasteiger partial charge in [0.05, 0.1) is 21.3 Å². The molecule has 4 amide bonds. The van der Waals surface area contributed by atoms with Crippen molar-refractivity contribution in [2.24, 2.45) is 0 Å². The van der Waals surface area contributed by atoms with Crippen molar-refractivity contribution in [2.45, 2.75) is 12.0 Å². The van der Waals surface area contributed by atoms with Gasteiger partial charge in [0.2, 0.25) is 6.17 Å². The van der Waals surface area contributed by atoms with Crippen molar-refractivity contribution in [1.29, 1.82) is 0 Å².